The molecule has 1 amide bonds. The standard InChI is InChI=1S/C22H16N6O4/c23-21(29)15-6-10-16(11-7-15)24-25-20-19(14-8-12-18(13-9-14)28(31)32)26-27(22(20)30)17-4-2-1-3-5-17/h1-13,26H,(H2,23,29). The highest BCUT2D eigenvalue weighted by atomic mass is 16.6. The van der Waals surface area contributed by atoms with Crippen LogP contribution >= 0.6 is 0 Å². The SMILES string of the molecule is NC(=O)c1ccc(N=Nc2c(-c3ccc([N+](=O)[O-])cc3)[nH]n(-c3ccccc3)c2=O)cc1. The van der Waals surface area contributed by atoms with Gasteiger partial charge in [0.2, 0.25) is 5.91 Å². The van der Waals surface area contributed by atoms with E-state index in [1.165, 1.54) is 41.1 Å². The van der Waals surface area contributed by atoms with E-state index in [1.807, 2.05) is 6.07 Å². The molecule has 0 unspecified atom stereocenters. The predicted molar refractivity (Wildman–Crippen MR) is 118 cm³/mol. The van der Waals surface area contributed by atoms with Gasteiger partial charge in [-0.05, 0) is 48.5 Å². The third-order valence-corrected chi connectivity index (χ3v) is 4.66. The number of carbonyl (C=O) groups is 1. The van der Waals surface area contributed by atoms with Crippen LogP contribution in [0.25, 0.3) is 16.9 Å². The minimum Gasteiger partial charge on any atom is -0.366 e. The molecule has 0 atom stereocenters. The zero-order valence-electron chi connectivity index (χ0n) is 16.5. The van der Waals surface area contributed by atoms with E-state index in [1.54, 1.807) is 36.4 Å². The molecule has 3 N–H and O–H groups in total. The number of rotatable bonds is 6. The van der Waals surface area contributed by atoms with Crippen LogP contribution in [0.15, 0.2) is 93.9 Å². The quantitative estimate of drug-likeness (QED) is 0.268. The normalized spacial score (nSPS) is 11.0. The lowest BCUT2D eigenvalue weighted by molar-refractivity contribution is -0.384. The number of amides is 1. The number of primary amides is 1. The molecule has 0 fully saturated rings. The minimum absolute atomic E-state index is 0.0293. The molecule has 1 heterocycles. The molecule has 158 valence electrons. The molecule has 4 aromatic rings. The molecule has 0 saturated carbocycles. The molecule has 0 radical (unpaired) electrons. The Morgan fingerprint density at radius 1 is 0.938 bits per heavy atom. The molecule has 3 aromatic carbocycles. The Morgan fingerprint density at radius 2 is 1.59 bits per heavy atom. The number of hydrogen-bond donors (Lipinski definition) is 2. The zero-order chi connectivity index (χ0) is 22.7. The number of nitro benzene ring substituents is 1. The second-order valence-electron chi connectivity index (χ2n) is 6.73. The van der Waals surface area contributed by atoms with Crippen LogP contribution in [0.2, 0.25) is 0 Å². The second kappa shape index (κ2) is 8.48. The summed E-state index contributed by atoms with van der Waals surface area (Å²) < 4.78 is 1.32. The Labute approximate surface area is 180 Å². The van der Waals surface area contributed by atoms with E-state index >= 15 is 0 Å². The van der Waals surface area contributed by atoms with Gasteiger partial charge >= 0.3 is 0 Å². The van der Waals surface area contributed by atoms with Gasteiger partial charge in [-0.3, -0.25) is 24.8 Å². The molecule has 0 saturated heterocycles. The minimum atomic E-state index is -0.565. The number of para-hydroxylation sites is 1. The molecule has 0 bridgehead atoms. The van der Waals surface area contributed by atoms with Gasteiger partial charge in [0.1, 0.15) is 0 Å². The number of aromatic amines is 1. The summed E-state index contributed by atoms with van der Waals surface area (Å²) in [5.41, 5.74) is 6.96. The van der Waals surface area contributed by atoms with Gasteiger partial charge in [0, 0.05) is 23.3 Å². The van der Waals surface area contributed by atoms with Crippen LogP contribution in [0.4, 0.5) is 17.1 Å². The third-order valence-electron chi connectivity index (χ3n) is 4.66. The Morgan fingerprint density at radius 3 is 2.19 bits per heavy atom. The van der Waals surface area contributed by atoms with Crippen molar-refractivity contribution in [2.45, 2.75) is 0 Å². The number of azo groups is 1. The highest BCUT2D eigenvalue weighted by Crippen LogP contribution is 2.29. The maximum absolute atomic E-state index is 13.1. The van der Waals surface area contributed by atoms with Crippen LogP contribution in [0.3, 0.4) is 0 Å². The van der Waals surface area contributed by atoms with E-state index in [0.717, 1.165) is 0 Å². The smallest absolute Gasteiger partial charge is 0.299 e. The topological polar surface area (TPSA) is 149 Å². The van der Waals surface area contributed by atoms with Gasteiger partial charge in [-0.1, -0.05) is 18.2 Å². The number of nitrogens with two attached hydrogens (primary N) is 1. The maximum atomic E-state index is 13.1. The number of H-pyrrole nitrogens is 1. The van der Waals surface area contributed by atoms with Crippen LogP contribution in [0.5, 0.6) is 0 Å². The molecule has 0 aliphatic heterocycles. The maximum Gasteiger partial charge on any atom is 0.299 e. The molecule has 0 aliphatic rings. The van der Waals surface area contributed by atoms with E-state index in [9.17, 15) is 19.7 Å². The fraction of sp³-hybridized carbons (Fsp3) is 0. The first kappa shape index (κ1) is 20.4. The average molecular weight is 428 g/mol. The number of nitrogens with one attached hydrogen (secondary N) is 1. The van der Waals surface area contributed by atoms with Crippen LogP contribution in [0.1, 0.15) is 10.4 Å². The lowest BCUT2D eigenvalue weighted by atomic mass is 10.1. The Kier molecular flexibility index (Phi) is 5.41. The van der Waals surface area contributed by atoms with E-state index in [4.69, 9.17) is 5.73 Å². The molecule has 10 nitrogen and oxygen atoms in total. The van der Waals surface area contributed by atoms with Crippen LogP contribution in [-0.2, 0) is 0 Å². The molecule has 10 heteroatoms. The van der Waals surface area contributed by atoms with Crippen molar-refractivity contribution >= 4 is 23.0 Å². The van der Waals surface area contributed by atoms with E-state index in [0.29, 0.717) is 28.2 Å². The van der Waals surface area contributed by atoms with Gasteiger partial charge in [-0.2, -0.15) is 5.11 Å². The van der Waals surface area contributed by atoms with Crippen molar-refractivity contribution in [3.8, 4) is 16.9 Å². The number of nitro groups is 1. The van der Waals surface area contributed by atoms with Gasteiger partial charge in [-0.15, -0.1) is 5.11 Å². The zero-order valence-corrected chi connectivity index (χ0v) is 16.5. The van der Waals surface area contributed by atoms with Crippen molar-refractivity contribution in [2.24, 2.45) is 16.0 Å². The summed E-state index contributed by atoms with van der Waals surface area (Å²) in [6.45, 7) is 0. The number of carbonyl (C=O) groups excluding carboxylic acids is 1. The lowest BCUT2D eigenvalue weighted by Gasteiger charge is -2.01. The molecular weight excluding hydrogens is 412 g/mol. The number of nitrogens with zero attached hydrogens (tertiary/aromatic N) is 4. The summed E-state index contributed by atoms with van der Waals surface area (Å²) in [4.78, 5) is 34.8. The number of aromatic nitrogens is 2. The molecule has 0 aliphatic carbocycles. The molecule has 32 heavy (non-hydrogen) atoms. The first-order valence-electron chi connectivity index (χ1n) is 9.41. The van der Waals surface area contributed by atoms with Crippen molar-refractivity contribution in [1.82, 2.24) is 9.78 Å². The monoisotopic (exact) mass is 428 g/mol. The van der Waals surface area contributed by atoms with Crippen molar-refractivity contribution in [3.63, 3.8) is 0 Å². The van der Waals surface area contributed by atoms with E-state index in [-0.39, 0.29) is 11.4 Å². The molecule has 0 spiro atoms. The fourth-order valence-electron chi connectivity index (χ4n) is 3.03. The Balaban J connectivity index is 1.80. The first-order valence-corrected chi connectivity index (χ1v) is 9.41. The van der Waals surface area contributed by atoms with Crippen molar-refractivity contribution in [2.75, 3.05) is 0 Å². The highest BCUT2D eigenvalue weighted by Gasteiger charge is 2.18. The average Bonchev–Trinajstić information content (AvgIpc) is 3.14. The van der Waals surface area contributed by atoms with Crippen molar-refractivity contribution in [3.05, 3.63) is 105 Å². The summed E-state index contributed by atoms with van der Waals surface area (Å²) in [6.07, 6.45) is 0. The van der Waals surface area contributed by atoms with E-state index < -0.39 is 16.4 Å². The summed E-state index contributed by atoms with van der Waals surface area (Å²) in [5.74, 6) is -0.565. The Hall–Kier alpha value is -4.86. The Bertz CT molecular complexity index is 1370. The number of hydrogen-bond acceptors (Lipinski definition) is 6. The van der Waals surface area contributed by atoms with Gasteiger partial charge in [0.15, 0.2) is 5.69 Å². The van der Waals surface area contributed by atoms with Gasteiger partial charge in [0.25, 0.3) is 11.2 Å². The summed E-state index contributed by atoms with van der Waals surface area (Å²) >= 11 is 0. The molecule has 4 rings (SSSR count). The fourth-order valence-corrected chi connectivity index (χ4v) is 3.03. The third kappa shape index (κ3) is 4.05. The lowest BCUT2D eigenvalue weighted by Crippen LogP contribution is -2.13. The summed E-state index contributed by atoms with van der Waals surface area (Å²) in [5, 5.41) is 22.2. The van der Waals surface area contributed by atoms with Crippen molar-refractivity contribution in [1.29, 1.82) is 0 Å². The second-order valence-corrected chi connectivity index (χ2v) is 6.73. The number of benzene rings is 3. The molecule has 1 aromatic heterocycles. The number of non-ortho nitro benzene ring substituents is 1. The van der Waals surface area contributed by atoms with E-state index in [2.05, 4.69) is 15.3 Å². The van der Waals surface area contributed by atoms with Gasteiger partial charge < -0.3 is 5.73 Å². The first-order chi connectivity index (χ1) is 15.4. The van der Waals surface area contributed by atoms with Gasteiger partial charge in [-0.25, -0.2) is 4.68 Å². The van der Waals surface area contributed by atoms with Crippen LogP contribution in [0, 0.1) is 10.1 Å². The predicted octanol–water partition coefficient (Wildman–Crippen LogP) is 4.26. The van der Waals surface area contributed by atoms with Crippen molar-refractivity contribution < 1.29 is 9.72 Å². The van der Waals surface area contributed by atoms with Crippen LogP contribution < -0.4 is 11.3 Å². The summed E-state index contributed by atoms with van der Waals surface area (Å²) in [6, 6.07) is 20.8. The molecular formula is C22H16N6O4. The van der Waals surface area contributed by atoms with Crippen LogP contribution in [-0.4, -0.2) is 20.6 Å². The highest BCUT2D eigenvalue weighted by molar-refractivity contribution is 5.93. The van der Waals surface area contributed by atoms with Gasteiger partial charge in [0.05, 0.1) is 22.0 Å². The largest absolute Gasteiger partial charge is 0.366 e. The summed E-state index contributed by atoms with van der Waals surface area (Å²) in [7, 11) is 0.